The molecule has 7 nitrogen and oxygen atoms in total. The Morgan fingerprint density at radius 2 is 2.33 bits per heavy atom. The lowest BCUT2D eigenvalue weighted by atomic mass is 10.2. The number of rotatable bonds is 5. The summed E-state index contributed by atoms with van der Waals surface area (Å²) < 4.78 is 1.66. The molecule has 0 fully saturated rings. The number of amides is 1. The second kappa shape index (κ2) is 5.76. The van der Waals surface area contributed by atoms with Gasteiger partial charge in [-0.15, -0.1) is 5.10 Å². The molecule has 0 atom stereocenters. The smallest absolute Gasteiger partial charge is 0.255 e. The van der Waals surface area contributed by atoms with Gasteiger partial charge < -0.3 is 10.6 Å². The normalized spacial score (nSPS) is 10.1. The second-order valence-electron chi connectivity index (χ2n) is 3.57. The van der Waals surface area contributed by atoms with Crippen molar-refractivity contribution in [3.63, 3.8) is 0 Å². The Balaban J connectivity index is 1.91. The lowest BCUT2D eigenvalue weighted by Crippen LogP contribution is -2.28. The van der Waals surface area contributed by atoms with Crippen LogP contribution in [-0.2, 0) is 6.54 Å². The highest BCUT2D eigenvalue weighted by molar-refractivity contribution is 5.98. The largest absolute Gasteiger partial charge is 0.372 e. The Morgan fingerprint density at radius 3 is 3.06 bits per heavy atom. The summed E-state index contributed by atoms with van der Waals surface area (Å²) in [4.78, 5) is 16.0. The first kappa shape index (κ1) is 12.0. The number of hydrogen-bond acceptors (Lipinski definition) is 5. The van der Waals surface area contributed by atoms with Gasteiger partial charge in [0.15, 0.2) is 0 Å². The molecule has 0 saturated carbocycles. The van der Waals surface area contributed by atoms with E-state index in [1.165, 1.54) is 0 Å². The van der Waals surface area contributed by atoms with Gasteiger partial charge in [-0.3, -0.25) is 9.48 Å². The molecule has 0 saturated heterocycles. The third-order valence-corrected chi connectivity index (χ3v) is 2.39. The zero-order valence-electron chi connectivity index (χ0n) is 10.00. The second-order valence-corrected chi connectivity index (χ2v) is 3.57. The van der Waals surface area contributed by atoms with E-state index < -0.39 is 0 Å². The fourth-order valence-corrected chi connectivity index (χ4v) is 1.52. The van der Waals surface area contributed by atoms with Gasteiger partial charge in [0.25, 0.3) is 5.91 Å². The topological polar surface area (TPSA) is 84.7 Å². The van der Waals surface area contributed by atoms with Gasteiger partial charge in [0.1, 0.15) is 5.82 Å². The van der Waals surface area contributed by atoms with Crippen LogP contribution >= 0.6 is 0 Å². The van der Waals surface area contributed by atoms with Crippen molar-refractivity contribution in [3.05, 3.63) is 36.3 Å². The summed E-state index contributed by atoms with van der Waals surface area (Å²) in [6.45, 7) is 1.07. The van der Waals surface area contributed by atoms with E-state index in [0.29, 0.717) is 24.5 Å². The maximum absolute atomic E-state index is 11.9. The first-order chi connectivity index (χ1) is 8.81. The number of carbonyl (C=O) groups is 1. The van der Waals surface area contributed by atoms with E-state index >= 15 is 0 Å². The van der Waals surface area contributed by atoms with Crippen LogP contribution in [0.15, 0.2) is 30.7 Å². The first-order valence-electron chi connectivity index (χ1n) is 5.56. The highest BCUT2D eigenvalue weighted by Gasteiger charge is 2.10. The van der Waals surface area contributed by atoms with Crippen LogP contribution in [0.4, 0.5) is 5.82 Å². The van der Waals surface area contributed by atoms with Gasteiger partial charge in [-0.2, -0.15) is 0 Å². The molecular formula is C11H14N6O. The van der Waals surface area contributed by atoms with Crippen LogP contribution in [0, 0.1) is 0 Å². The van der Waals surface area contributed by atoms with Crippen LogP contribution in [0.2, 0.25) is 0 Å². The molecule has 0 aliphatic carbocycles. The zero-order chi connectivity index (χ0) is 12.8. The Hall–Kier alpha value is -2.44. The molecule has 0 unspecified atom stereocenters. The summed E-state index contributed by atoms with van der Waals surface area (Å²) in [6, 6.07) is 3.46. The standard InChI is InChI=1S/C11H14N6O/c1-12-10-9(3-2-4-13-10)11(18)14-5-7-17-8-6-15-16-17/h2-4,6,8H,5,7H2,1H3,(H,12,13)(H,14,18). The molecule has 2 aromatic rings. The average molecular weight is 246 g/mol. The molecule has 7 heteroatoms. The van der Waals surface area contributed by atoms with E-state index in [-0.39, 0.29) is 5.91 Å². The number of pyridine rings is 1. The minimum atomic E-state index is -0.160. The summed E-state index contributed by atoms with van der Waals surface area (Å²) in [6.07, 6.45) is 4.98. The monoisotopic (exact) mass is 246 g/mol. The SMILES string of the molecule is CNc1ncccc1C(=O)NCCn1ccnn1. The molecule has 18 heavy (non-hydrogen) atoms. The Bertz CT molecular complexity index is 510. The fraction of sp³-hybridized carbons (Fsp3) is 0.273. The van der Waals surface area contributed by atoms with Gasteiger partial charge in [-0.1, -0.05) is 5.21 Å². The molecule has 0 aromatic carbocycles. The van der Waals surface area contributed by atoms with E-state index in [1.807, 2.05) is 0 Å². The van der Waals surface area contributed by atoms with Crippen molar-refractivity contribution in [2.24, 2.45) is 0 Å². The van der Waals surface area contributed by atoms with E-state index in [2.05, 4.69) is 25.9 Å². The summed E-state index contributed by atoms with van der Waals surface area (Å²) in [5, 5.41) is 13.2. The molecule has 0 aliphatic rings. The Morgan fingerprint density at radius 1 is 1.44 bits per heavy atom. The van der Waals surface area contributed by atoms with E-state index in [1.54, 1.807) is 42.5 Å². The molecule has 0 bridgehead atoms. The van der Waals surface area contributed by atoms with Crippen LogP contribution in [0.1, 0.15) is 10.4 Å². The minimum absolute atomic E-state index is 0.160. The van der Waals surface area contributed by atoms with Crippen molar-refractivity contribution in [1.82, 2.24) is 25.3 Å². The first-order valence-corrected chi connectivity index (χ1v) is 5.56. The van der Waals surface area contributed by atoms with Crippen LogP contribution in [0.5, 0.6) is 0 Å². The fourth-order valence-electron chi connectivity index (χ4n) is 1.52. The van der Waals surface area contributed by atoms with Crippen molar-refractivity contribution in [1.29, 1.82) is 0 Å². The van der Waals surface area contributed by atoms with Crippen molar-refractivity contribution in [3.8, 4) is 0 Å². The Labute approximate surface area is 104 Å². The Kier molecular flexibility index (Phi) is 3.85. The van der Waals surface area contributed by atoms with Crippen LogP contribution in [-0.4, -0.2) is 39.5 Å². The van der Waals surface area contributed by atoms with Gasteiger partial charge in [-0.05, 0) is 12.1 Å². The highest BCUT2D eigenvalue weighted by atomic mass is 16.1. The summed E-state index contributed by atoms with van der Waals surface area (Å²) >= 11 is 0. The number of nitrogens with zero attached hydrogens (tertiary/aromatic N) is 4. The zero-order valence-corrected chi connectivity index (χ0v) is 10.00. The van der Waals surface area contributed by atoms with Gasteiger partial charge in [0.05, 0.1) is 18.3 Å². The number of aromatic nitrogens is 4. The predicted octanol–water partition coefficient (Wildman–Crippen LogP) is 0.145. The summed E-state index contributed by atoms with van der Waals surface area (Å²) in [5.41, 5.74) is 0.526. The average Bonchev–Trinajstić information content (AvgIpc) is 2.91. The lowest BCUT2D eigenvalue weighted by molar-refractivity contribution is 0.0952. The number of anilines is 1. The van der Waals surface area contributed by atoms with E-state index in [0.717, 1.165) is 0 Å². The van der Waals surface area contributed by atoms with Crippen LogP contribution in [0.3, 0.4) is 0 Å². The molecule has 2 heterocycles. The number of hydrogen-bond donors (Lipinski definition) is 2. The van der Waals surface area contributed by atoms with Crippen molar-refractivity contribution in [2.75, 3.05) is 18.9 Å². The third kappa shape index (κ3) is 2.82. The minimum Gasteiger partial charge on any atom is -0.372 e. The maximum Gasteiger partial charge on any atom is 0.255 e. The maximum atomic E-state index is 11.9. The molecule has 0 aliphatic heterocycles. The van der Waals surface area contributed by atoms with Gasteiger partial charge in [-0.25, -0.2) is 4.98 Å². The van der Waals surface area contributed by atoms with Gasteiger partial charge in [0.2, 0.25) is 0 Å². The number of carbonyl (C=O) groups excluding carboxylic acids is 1. The lowest BCUT2D eigenvalue weighted by Gasteiger charge is -2.08. The van der Waals surface area contributed by atoms with E-state index in [4.69, 9.17) is 0 Å². The molecule has 94 valence electrons. The molecular weight excluding hydrogens is 232 g/mol. The molecule has 2 N–H and O–H groups in total. The van der Waals surface area contributed by atoms with E-state index in [9.17, 15) is 4.79 Å². The van der Waals surface area contributed by atoms with Crippen molar-refractivity contribution >= 4 is 11.7 Å². The summed E-state index contributed by atoms with van der Waals surface area (Å²) in [5.74, 6) is 0.406. The predicted molar refractivity (Wildman–Crippen MR) is 66.1 cm³/mol. The quantitative estimate of drug-likeness (QED) is 0.784. The van der Waals surface area contributed by atoms with Gasteiger partial charge in [0, 0.05) is 26.0 Å². The molecule has 1 amide bonds. The molecule has 0 radical (unpaired) electrons. The molecule has 0 spiro atoms. The van der Waals surface area contributed by atoms with Crippen LogP contribution < -0.4 is 10.6 Å². The van der Waals surface area contributed by atoms with Crippen molar-refractivity contribution < 1.29 is 4.79 Å². The van der Waals surface area contributed by atoms with Gasteiger partial charge >= 0.3 is 0 Å². The van der Waals surface area contributed by atoms with Crippen LogP contribution in [0.25, 0.3) is 0 Å². The highest BCUT2D eigenvalue weighted by Crippen LogP contribution is 2.09. The van der Waals surface area contributed by atoms with Crippen molar-refractivity contribution in [2.45, 2.75) is 6.54 Å². The molecule has 2 rings (SSSR count). The summed E-state index contributed by atoms with van der Waals surface area (Å²) in [7, 11) is 1.73. The number of nitrogens with one attached hydrogen (secondary N) is 2. The third-order valence-electron chi connectivity index (χ3n) is 2.39. The molecule has 2 aromatic heterocycles.